The molecule has 0 spiro atoms. The van der Waals surface area contributed by atoms with E-state index in [2.05, 4.69) is 0 Å². The van der Waals surface area contributed by atoms with Gasteiger partial charge in [0.1, 0.15) is 6.61 Å². The summed E-state index contributed by atoms with van der Waals surface area (Å²) < 4.78 is 5.42. The number of ether oxygens (including phenoxy) is 1. The molecule has 0 aromatic heterocycles. The maximum Gasteiger partial charge on any atom is 0.342 e. The van der Waals surface area contributed by atoms with Gasteiger partial charge in [0.2, 0.25) is 5.60 Å². The number of ketones is 1. The molecule has 0 aliphatic heterocycles. The number of aryl methyl sites for hydroxylation is 1. The number of esters is 1. The van der Waals surface area contributed by atoms with Crippen molar-refractivity contribution in [2.75, 3.05) is 0 Å². The van der Waals surface area contributed by atoms with Gasteiger partial charge in [0, 0.05) is 5.56 Å². The molecule has 28 heavy (non-hydrogen) atoms. The van der Waals surface area contributed by atoms with Crippen LogP contribution in [0.15, 0.2) is 54.6 Å². The molecule has 0 bridgehead atoms. The van der Waals surface area contributed by atoms with Crippen LogP contribution in [-0.2, 0) is 25.9 Å². The summed E-state index contributed by atoms with van der Waals surface area (Å²) in [6, 6.07) is 16.5. The Morgan fingerprint density at radius 1 is 0.857 bits per heavy atom. The van der Waals surface area contributed by atoms with Crippen molar-refractivity contribution in [3.63, 3.8) is 0 Å². The summed E-state index contributed by atoms with van der Waals surface area (Å²) in [4.78, 5) is 36.4. The summed E-state index contributed by atoms with van der Waals surface area (Å²) in [7, 11) is 0. The molecule has 150 valence electrons. The van der Waals surface area contributed by atoms with Gasteiger partial charge in [-0.15, -0.1) is 0 Å². The van der Waals surface area contributed by atoms with Gasteiger partial charge in [-0.2, -0.15) is 0 Å². The van der Waals surface area contributed by atoms with Crippen LogP contribution in [0.25, 0.3) is 0 Å². The Hall–Kier alpha value is -2.50. The van der Waals surface area contributed by atoms with E-state index in [0.29, 0.717) is 5.56 Å². The van der Waals surface area contributed by atoms with Gasteiger partial charge in [-0.3, -0.25) is 4.79 Å². The maximum absolute atomic E-state index is 12.8. The molecule has 0 saturated carbocycles. The Balaban J connectivity index is 2.14. The van der Waals surface area contributed by atoms with Gasteiger partial charge in [-0.25, -0.2) is 14.6 Å². The van der Waals surface area contributed by atoms with Crippen molar-refractivity contribution in [2.24, 2.45) is 0 Å². The van der Waals surface area contributed by atoms with Crippen molar-refractivity contribution >= 4 is 11.8 Å². The molecule has 2 aromatic carbocycles. The van der Waals surface area contributed by atoms with Crippen LogP contribution in [0.2, 0.25) is 0 Å². The molecule has 1 unspecified atom stereocenters. The van der Waals surface area contributed by atoms with E-state index in [1.54, 1.807) is 32.9 Å². The van der Waals surface area contributed by atoms with Gasteiger partial charge < -0.3 is 4.74 Å². The van der Waals surface area contributed by atoms with Crippen molar-refractivity contribution in [3.8, 4) is 0 Å². The van der Waals surface area contributed by atoms with Crippen LogP contribution < -0.4 is 0 Å². The Bertz CT molecular complexity index is 790. The zero-order chi connectivity index (χ0) is 20.8. The quantitative estimate of drug-likeness (QED) is 0.283. The van der Waals surface area contributed by atoms with Crippen LogP contribution in [0.5, 0.6) is 0 Å². The highest BCUT2D eigenvalue weighted by atomic mass is 17.2. The van der Waals surface area contributed by atoms with Gasteiger partial charge in [0.05, 0.1) is 12.0 Å². The fourth-order valence-electron chi connectivity index (χ4n) is 2.38. The molecular formula is C23H28O5. The third kappa shape index (κ3) is 6.59. The van der Waals surface area contributed by atoms with E-state index in [4.69, 9.17) is 14.5 Å². The van der Waals surface area contributed by atoms with Gasteiger partial charge in [0.25, 0.3) is 0 Å². The second-order valence-electron chi connectivity index (χ2n) is 8.04. The predicted octanol–water partition coefficient (Wildman–Crippen LogP) is 4.82. The molecule has 0 N–H and O–H groups in total. The first-order valence-corrected chi connectivity index (χ1v) is 9.27. The Morgan fingerprint density at radius 2 is 1.46 bits per heavy atom. The molecule has 0 radical (unpaired) electrons. The fraction of sp³-hybridized carbons (Fsp3) is 0.391. The van der Waals surface area contributed by atoms with Gasteiger partial charge >= 0.3 is 5.97 Å². The standard InChI is InChI=1S/C23H28O5/c1-17-11-13-19(14-12-17)20(24)15-23(5,28-27-22(2,3)4)21(25)26-16-18-9-7-6-8-10-18/h6-14H,15-16H2,1-5H3. The first-order chi connectivity index (χ1) is 13.1. The Kier molecular flexibility index (Phi) is 7.11. The smallest absolute Gasteiger partial charge is 0.342 e. The molecule has 0 fully saturated rings. The molecule has 0 amide bonds. The van der Waals surface area contributed by atoms with Crippen LogP contribution in [0.1, 0.15) is 55.6 Å². The topological polar surface area (TPSA) is 61.8 Å². The minimum Gasteiger partial charge on any atom is -0.459 e. The number of Topliss-reactive ketones (excluding diaryl/α,β-unsaturated/α-hetero) is 1. The number of carbonyl (C=O) groups is 2. The van der Waals surface area contributed by atoms with E-state index in [1.807, 2.05) is 49.4 Å². The molecule has 0 heterocycles. The van der Waals surface area contributed by atoms with Crippen molar-refractivity contribution in [1.82, 2.24) is 0 Å². The SMILES string of the molecule is Cc1ccc(C(=O)CC(C)(OOC(C)(C)C)C(=O)OCc2ccccc2)cc1. The number of carbonyl (C=O) groups excluding carboxylic acids is 2. The van der Waals surface area contributed by atoms with Crippen LogP contribution in [0, 0.1) is 6.92 Å². The number of rotatable bonds is 8. The highest BCUT2D eigenvalue weighted by molar-refractivity contribution is 5.99. The zero-order valence-electron chi connectivity index (χ0n) is 17.2. The lowest BCUT2D eigenvalue weighted by Crippen LogP contribution is -2.44. The summed E-state index contributed by atoms with van der Waals surface area (Å²) in [5.41, 5.74) is 0.193. The lowest BCUT2D eigenvalue weighted by Gasteiger charge is -2.29. The van der Waals surface area contributed by atoms with E-state index in [1.165, 1.54) is 6.92 Å². The van der Waals surface area contributed by atoms with Crippen molar-refractivity contribution in [1.29, 1.82) is 0 Å². The molecule has 0 saturated heterocycles. The summed E-state index contributed by atoms with van der Waals surface area (Å²) in [5, 5.41) is 0. The minimum absolute atomic E-state index is 0.0901. The van der Waals surface area contributed by atoms with E-state index in [-0.39, 0.29) is 18.8 Å². The van der Waals surface area contributed by atoms with Crippen LogP contribution in [0.3, 0.4) is 0 Å². The highest BCUT2D eigenvalue weighted by Crippen LogP contribution is 2.25. The van der Waals surface area contributed by atoms with Gasteiger partial charge in [-0.05, 0) is 40.2 Å². The maximum atomic E-state index is 12.8. The second kappa shape index (κ2) is 9.13. The normalized spacial score (nSPS) is 13.6. The van der Waals surface area contributed by atoms with Gasteiger partial charge in [0.15, 0.2) is 5.78 Å². The van der Waals surface area contributed by atoms with Crippen LogP contribution in [-0.4, -0.2) is 23.0 Å². The minimum atomic E-state index is -1.57. The molecule has 2 aromatic rings. The van der Waals surface area contributed by atoms with Gasteiger partial charge in [-0.1, -0.05) is 60.2 Å². The molecule has 2 rings (SSSR count). The van der Waals surface area contributed by atoms with Crippen LogP contribution >= 0.6 is 0 Å². The van der Waals surface area contributed by atoms with Crippen molar-refractivity contribution in [3.05, 3.63) is 71.3 Å². The second-order valence-corrected chi connectivity index (χ2v) is 8.04. The summed E-state index contributed by atoms with van der Waals surface area (Å²) in [5.74, 6) is -0.877. The number of hydrogen-bond donors (Lipinski definition) is 0. The highest BCUT2D eigenvalue weighted by Gasteiger charge is 2.41. The Morgan fingerprint density at radius 3 is 2.04 bits per heavy atom. The predicted molar refractivity (Wildman–Crippen MR) is 107 cm³/mol. The average molecular weight is 384 g/mol. The van der Waals surface area contributed by atoms with E-state index < -0.39 is 17.2 Å². The van der Waals surface area contributed by atoms with E-state index >= 15 is 0 Å². The van der Waals surface area contributed by atoms with Crippen LogP contribution in [0.4, 0.5) is 0 Å². The molecule has 5 nitrogen and oxygen atoms in total. The number of benzene rings is 2. The lowest BCUT2D eigenvalue weighted by molar-refractivity contribution is -0.392. The molecule has 0 aliphatic rings. The fourth-order valence-corrected chi connectivity index (χ4v) is 2.38. The first-order valence-electron chi connectivity index (χ1n) is 9.27. The third-order valence-electron chi connectivity index (χ3n) is 3.99. The first kappa shape index (κ1) is 21.8. The number of hydrogen-bond acceptors (Lipinski definition) is 5. The third-order valence-corrected chi connectivity index (χ3v) is 3.99. The van der Waals surface area contributed by atoms with E-state index in [9.17, 15) is 9.59 Å². The monoisotopic (exact) mass is 384 g/mol. The van der Waals surface area contributed by atoms with Crippen molar-refractivity contribution in [2.45, 2.75) is 58.8 Å². The van der Waals surface area contributed by atoms with Crippen molar-refractivity contribution < 1.29 is 24.1 Å². The largest absolute Gasteiger partial charge is 0.459 e. The molecular weight excluding hydrogens is 356 g/mol. The lowest BCUT2D eigenvalue weighted by atomic mass is 9.95. The zero-order valence-corrected chi connectivity index (χ0v) is 17.2. The molecule has 1 atom stereocenters. The summed E-state index contributed by atoms with van der Waals surface area (Å²) >= 11 is 0. The summed E-state index contributed by atoms with van der Waals surface area (Å²) in [6.07, 6.45) is -0.195. The average Bonchev–Trinajstić information content (AvgIpc) is 2.65. The molecule has 5 heteroatoms. The molecule has 0 aliphatic carbocycles. The summed E-state index contributed by atoms with van der Waals surface area (Å²) in [6.45, 7) is 8.93. The Labute approximate surface area is 166 Å². The van der Waals surface area contributed by atoms with E-state index in [0.717, 1.165) is 11.1 Å².